The number of hydrogen-bond acceptors (Lipinski definition) is 2. The van der Waals surface area contributed by atoms with Crippen molar-refractivity contribution in [2.45, 2.75) is 12.8 Å². The lowest BCUT2D eigenvalue weighted by molar-refractivity contribution is 0.412. The maximum atomic E-state index is 6.09. The minimum absolute atomic E-state index is 0.354. The number of halogens is 2. The molecule has 5 heteroatoms. The van der Waals surface area contributed by atoms with Crippen LogP contribution in [0.4, 0.5) is 0 Å². The van der Waals surface area contributed by atoms with E-state index in [4.69, 9.17) is 16.3 Å². The Labute approximate surface area is 136 Å². The highest BCUT2D eigenvalue weighted by Gasteiger charge is 2.14. The number of alkyl halides is 1. The second-order valence-electron chi connectivity index (χ2n) is 4.76. The first-order chi connectivity index (χ1) is 10.2. The van der Waals surface area contributed by atoms with Gasteiger partial charge in [-0.05, 0) is 46.6 Å². The Morgan fingerprint density at radius 2 is 2.10 bits per heavy atom. The number of para-hydroxylation sites is 1. The smallest absolute Gasteiger partial charge is 0.135 e. The second-order valence-corrected chi connectivity index (χ2v) is 5.88. The molecule has 0 amide bonds. The van der Waals surface area contributed by atoms with E-state index >= 15 is 0 Å². The van der Waals surface area contributed by atoms with Crippen LogP contribution in [0, 0.1) is 6.92 Å². The fraction of sp³-hybridized carbons (Fsp3) is 0.188. The molecule has 0 aliphatic rings. The number of hydrogen-bond donors (Lipinski definition) is 0. The fourth-order valence-corrected chi connectivity index (χ4v) is 3.09. The van der Waals surface area contributed by atoms with Gasteiger partial charge >= 0.3 is 0 Å². The zero-order valence-electron chi connectivity index (χ0n) is 11.7. The van der Waals surface area contributed by atoms with Gasteiger partial charge < -0.3 is 4.74 Å². The van der Waals surface area contributed by atoms with Crippen molar-refractivity contribution in [2.24, 2.45) is 0 Å². The van der Waals surface area contributed by atoms with Crippen LogP contribution in [0.1, 0.15) is 11.4 Å². The van der Waals surface area contributed by atoms with Crippen molar-refractivity contribution in [3.05, 3.63) is 52.3 Å². The van der Waals surface area contributed by atoms with Gasteiger partial charge in [0.25, 0.3) is 0 Å². The number of fused-ring (bicyclic) bond motifs is 1. The SMILES string of the molecule is COc1cc(-n2c(CCl)nc3cccc(C)c32)ccc1Br. The van der Waals surface area contributed by atoms with Gasteiger partial charge in [-0.3, -0.25) is 4.57 Å². The highest BCUT2D eigenvalue weighted by Crippen LogP contribution is 2.31. The summed E-state index contributed by atoms with van der Waals surface area (Å²) in [5.41, 5.74) is 4.19. The lowest BCUT2D eigenvalue weighted by Crippen LogP contribution is -2.01. The number of imidazole rings is 1. The Hall–Kier alpha value is -1.52. The number of nitrogens with zero attached hydrogens (tertiary/aromatic N) is 2. The van der Waals surface area contributed by atoms with E-state index in [9.17, 15) is 0 Å². The highest BCUT2D eigenvalue weighted by atomic mass is 79.9. The summed E-state index contributed by atoms with van der Waals surface area (Å²) in [6, 6.07) is 12.1. The van der Waals surface area contributed by atoms with Gasteiger partial charge in [0.1, 0.15) is 11.6 Å². The molecule has 0 aliphatic heterocycles. The lowest BCUT2D eigenvalue weighted by atomic mass is 10.2. The number of benzene rings is 2. The van der Waals surface area contributed by atoms with E-state index in [-0.39, 0.29) is 0 Å². The van der Waals surface area contributed by atoms with Gasteiger partial charge in [-0.15, -0.1) is 11.6 Å². The van der Waals surface area contributed by atoms with Gasteiger partial charge in [0, 0.05) is 6.07 Å². The molecule has 3 rings (SSSR count). The summed E-state index contributed by atoms with van der Waals surface area (Å²) in [6.45, 7) is 2.08. The first-order valence-corrected chi connectivity index (χ1v) is 7.85. The Morgan fingerprint density at radius 1 is 1.29 bits per heavy atom. The van der Waals surface area contributed by atoms with E-state index in [1.807, 2.05) is 30.3 Å². The first-order valence-electron chi connectivity index (χ1n) is 6.52. The summed E-state index contributed by atoms with van der Waals surface area (Å²) in [5.74, 6) is 1.96. The molecule has 0 unspecified atom stereocenters. The molecule has 0 bridgehead atoms. The molecule has 0 radical (unpaired) electrons. The average Bonchev–Trinajstić information content (AvgIpc) is 2.88. The topological polar surface area (TPSA) is 27.1 Å². The molecule has 2 aromatic carbocycles. The van der Waals surface area contributed by atoms with Gasteiger partial charge in [-0.25, -0.2) is 4.98 Å². The van der Waals surface area contributed by atoms with Crippen LogP contribution in [0.5, 0.6) is 5.75 Å². The number of methoxy groups -OCH3 is 1. The predicted octanol–water partition coefficient (Wildman–Crippen LogP) is 4.84. The third-order valence-electron chi connectivity index (χ3n) is 3.46. The molecule has 21 heavy (non-hydrogen) atoms. The van der Waals surface area contributed by atoms with Crippen molar-refractivity contribution >= 4 is 38.6 Å². The van der Waals surface area contributed by atoms with E-state index < -0.39 is 0 Å². The third-order valence-corrected chi connectivity index (χ3v) is 4.35. The van der Waals surface area contributed by atoms with E-state index in [1.165, 1.54) is 5.56 Å². The second kappa shape index (κ2) is 5.70. The molecular formula is C16H14BrClN2O. The minimum Gasteiger partial charge on any atom is -0.495 e. The van der Waals surface area contributed by atoms with Crippen LogP contribution in [0.25, 0.3) is 16.7 Å². The van der Waals surface area contributed by atoms with Crippen molar-refractivity contribution in [1.29, 1.82) is 0 Å². The third kappa shape index (κ3) is 2.43. The number of ether oxygens (including phenoxy) is 1. The van der Waals surface area contributed by atoms with E-state index in [0.29, 0.717) is 5.88 Å². The van der Waals surface area contributed by atoms with E-state index in [2.05, 4.69) is 38.5 Å². The normalized spacial score (nSPS) is 11.0. The molecule has 0 N–H and O–H groups in total. The van der Waals surface area contributed by atoms with Crippen molar-refractivity contribution in [3.63, 3.8) is 0 Å². The maximum absolute atomic E-state index is 6.09. The zero-order valence-corrected chi connectivity index (χ0v) is 14.1. The molecule has 0 atom stereocenters. The summed E-state index contributed by atoms with van der Waals surface area (Å²) in [6.07, 6.45) is 0. The predicted molar refractivity (Wildman–Crippen MR) is 89.6 cm³/mol. The number of aromatic nitrogens is 2. The molecule has 0 spiro atoms. The largest absolute Gasteiger partial charge is 0.495 e. The molecule has 0 fully saturated rings. The van der Waals surface area contributed by atoms with Crippen molar-refractivity contribution in [1.82, 2.24) is 9.55 Å². The van der Waals surface area contributed by atoms with E-state index in [1.54, 1.807) is 7.11 Å². The Bertz CT molecular complexity index is 813. The summed E-state index contributed by atoms with van der Waals surface area (Å²) in [4.78, 5) is 4.62. The van der Waals surface area contributed by atoms with Gasteiger partial charge in [0.2, 0.25) is 0 Å². The van der Waals surface area contributed by atoms with Crippen LogP contribution in [0.3, 0.4) is 0 Å². The molecule has 108 valence electrons. The summed E-state index contributed by atoms with van der Waals surface area (Å²) >= 11 is 9.56. The highest BCUT2D eigenvalue weighted by molar-refractivity contribution is 9.10. The number of rotatable bonds is 3. The van der Waals surface area contributed by atoms with Gasteiger partial charge in [0.15, 0.2) is 0 Å². The van der Waals surface area contributed by atoms with Crippen molar-refractivity contribution < 1.29 is 4.74 Å². The maximum Gasteiger partial charge on any atom is 0.135 e. The Morgan fingerprint density at radius 3 is 2.81 bits per heavy atom. The minimum atomic E-state index is 0.354. The van der Waals surface area contributed by atoms with Crippen molar-refractivity contribution in [2.75, 3.05) is 7.11 Å². The van der Waals surface area contributed by atoms with Crippen molar-refractivity contribution in [3.8, 4) is 11.4 Å². The van der Waals surface area contributed by atoms with Gasteiger partial charge in [-0.2, -0.15) is 0 Å². The molecule has 3 nitrogen and oxygen atoms in total. The molecule has 1 aromatic heterocycles. The molecule has 0 saturated carbocycles. The van der Waals surface area contributed by atoms with Crippen LogP contribution >= 0.6 is 27.5 Å². The average molecular weight is 366 g/mol. The Kier molecular flexibility index (Phi) is 3.91. The molecule has 0 aliphatic carbocycles. The van der Waals surface area contributed by atoms with Crippen LogP contribution in [-0.2, 0) is 5.88 Å². The summed E-state index contributed by atoms with van der Waals surface area (Å²) in [7, 11) is 1.66. The molecule has 1 heterocycles. The lowest BCUT2D eigenvalue weighted by Gasteiger charge is -2.12. The number of aryl methyl sites for hydroxylation is 1. The van der Waals surface area contributed by atoms with Gasteiger partial charge in [-0.1, -0.05) is 12.1 Å². The summed E-state index contributed by atoms with van der Waals surface area (Å²) < 4.78 is 8.39. The van der Waals surface area contributed by atoms with Crippen LogP contribution in [0.15, 0.2) is 40.9 Å². The van der Waals surface area contributed by atoms with E-state index in [0.717, 1.165) is 32.8 Å². The first kappa shape index (κ1) is 14.4. The molecular weight excluding hydrogens is 352 g/mol. The van der Waals surface area contributed by atoms with Crippen LogP contribution in [0.2, 0.25) is 0 Å². The zero-order chi connectivity index (χ0) is 15.0. The van der Waals surface area contributed by atoms with Gasteiger partial charge in [0.05, 0.1) is 34.2 Å². The Balaban J connectivity index is 2.33. The monoisotopic (exact) mass is 364 g/mol. The fourth-order valence-electron chi connectivity index (χ4n) is 2.50. The van der Waals surface area contributed by atoms with Crippen LogP contribution < -0.4 is 4.74 Å². The van der Waals surface area contributed by atoms with Crippen LogP contribution in [-0.4, -0.2) is 16.7 Å². The summed E-state index contributed by atoms with van der Waals surface area (Å²) in [5, 5.41) is 0. The quantitative estimate of drug-likeness (QED) is 0.621. The molecule has 3 aromatic rings. The standard InChI is InChI=1S/C16H14BrClN2O/c1-10-4-3-5-13-16(10)20(15(9-18)19-13)11-6-7-12(17)14(8-11)21-2/h3-8H,9H2,1-2H3. The molecule has 0 saturated heterocycles.